The fourth-order valence-electron chi connectivity index (χ4n) is 3.37. The Morgan fingerprint density at radius 1 is 1.08 bits per heavy atom. The largest absolute Gasteiger partial charge is 0.480 e. The number of alkyl halides is 2. The summed E-state index contributed by atoms with van der Waals surface area (Å²) in [7, 11) is 0. The number of carboxylic acids is 1. The zero-order valence-electron chi connectivity index (χ0n) is 19.9. The van der Waals surface area contributed by atoms with Crippen molar-refractivity contribution in [2.75, 3.05) is 19.7 Å². The van der Waals surface area contributed by atoms with Gasteiger partial charge in [0.15, 0.2) is 0 Å². The van der Waals surface area contributed by atoms with Crippen LogP contribution in [0, 0.1) is 0 Å². The number of carbonyl (C=O) groups is 3. The van der Waals surface area contributed by atoms with E-state index in [4.69, 9.17) is 15.9 Å². The Morgan fingerprint density at radius 2 is 1.69 bits per heavy atom. The molecule has 0 aliphatic carbocycles. The number of nitrogens with two attached hydrogens (primary N) is 1. The molecule has 1 rings (SSSR count). The fraction of sp³-hybridized carbons (Fsp3) is 0.850. The van der Waals surface area contributed by atoms with Crippen molar-refractivity contribution in [3.8, 4) is 0 Å². The summed E-state index contributed by atoms with van der Waals surface area (Å²) in [6.45, 7) is 0.326. The minimum atomic E-state index is -4.17. The van der Waals surface area contributed by atoms with Gasteiger partial charge in [-0.3, -0.25) is 14.4 Å². The number of carbonyl (C=O) groups excluding carboxylic acids is 2. The summed E-state index contributed by atoms with van der Waals surface area (Å²) in [5, 5.41) is 64.6. The van der Waals surface area contributed by atoms with Crippen molar-refractivity contribution >= 4 is 17.8 Å². The second-order valence-electron chi connectivity index (χ2n) is 8.76. The molecular weight excluding hydrogens is 494 g/mol. The number of ether oxygens (including phenoxy) is 1. The van der Waals surface area contributed by atoms with Gasteiger partial charge in [-0.1, -0.05) is 0 Å². The molecule has 1 heterocycles. The number of aliphatic carboxylic acids is 1. The van der Waals surface area contributed by atoms with E-state index in [0.717, 1.165) is 0 Å². The topological polar surface area (TPSA) is 244 Å². The zero-order chi connectivity index (χ0) is 27.8. The first-order valence-electron chi connectivity index (χ1n) is 11.3. The van der Waals surface area contributed by atoms with Gasteiger partial charge >= 0.3 is 11.9 Å². The summed E-state index contributed by atoms with van der Waals surface area (Å²) >= 11 is 0. The Bertz CT molecular complexity index is 760. The van der Waals surface area contributed by atoms with Crippen molar-refractivity contribution in [1.29, 1.82) is 0 Å². The molecule has 1 fully saturated rings. The van der Waals surface area contributed by atoms with Gasteiger partial charge in [-0.05, 0) is 39.7 Å². The first-order valence-corrected chi connectivity index (χ1v) is 11.3. The highest BCUT2D eigenvalue weighted by Gasteiger charge is 2.65. The number of unbranched alkanes of at least 4 members (excludes halogenated alkanes) is 1. The van der Waals surface area contributed by atoms with Gasteiger partial charge in [-0.25, -0.2) is 0 Å². The third-order valence-electron chi connectivity index (χ3n) is 5.71. The van der Waals surface area contributed by atoms with Crippen LogP contribution in [-0.2, 0) is 19.1 Å². The van der Waals surface area contributed by atoms with Crippen LogP contribution in [0.1, 0.15) is 33.1 Å². The van der Waals surface area contributed by atoms with E-state index in [0.29, 0.717) is 0 Å². The van der Waals surface area contributed by atoms with Crippen LogP contribution in [-0.4, -0.2) is 122 Å². The molecule has 36 heavy (non-hydrogen) atoms. The Labute approximate surface area is 205 Å². The number of halogens is 2. The van der Waals surface area contributed by atoms with E-state index in [-0.39, 0.29) is 25.8 Å². The van der Waals surface area contributed by atoms with Crippen molar-refractivity contribution in [2.45, 2.75) is 87.4 Å². The smallest absolute Gasteiger partial charge is 0.325 e. The number of carboxylic acid groups (broad SMARTS) is 1. The lowest BCUT2D eigenvalue weighted by atomic mass is 9.88. The SMILES string of the molecule is C[C@H](N)C(=O)N[C@@H](CCCCNCC(F)(F)C1(O)O[C@H](CO)[C@H](O)[C@H](O)[C@H]1O)C(=O)N[C@@H](C)C(=O)O. The molecule has 0 bridgehead atoms. The predicted molar refractivity (Wildman–Crippen MR) is 117 cm³/mol. The minimum absolute atomic E-state index is 0.0305. The van der Waals surface area contributed by atoms with Gasteiger partial charge in [0.2, 0.25) is 11.8 Å². The molecule has 0 saturated carbocycles. The molecule has 210 valence electrons. The second kappa shape index (κ2) is 13.5. The molecule has 1 unspecified atom stereocenters. The highest BCUT2D eigenvalue weighted by molar-refractivity contribution is 5.91. The average molecular weight is 531 g/mol. The molecule has 1 aliphatic heterocycles. The summed E-state index contributed by atoms with van der Waals surface area (Å²) in [5.74, 6) is -10.5. The quantitative estimate of drug-likeness (QED) is 0.0965. The molecule has 0 spiro atoms. The first kappa shape index (κ1) is 32.0. The van der Waals surface area contributed by atoms with Gasteiger partial charge < -0.3 is 57.1 Å². The van der Waals surface area contributed by atoms with Gasteiger partial charge in [0.05, 0.1) is 19.2 Å². The number of hydrogen-bond donors (Lipinski definition) is 10. The van der Waals surface area contributed by atoms with Crippen molar-refractivity contribution in [2.24, 2.45) is 5.73 Å². The standard InChI is InChI=1S/C20H36F2N4O10/c1-9(23)16(31)26-11(17(32)25-10(2)18(33)34)5-3-4-6-24-8-19(21,22)20(35)15(30)14(29)13(28)12(7-27)36-20/h9-15,24,27-30,35H,3-8,23H2,1-2H3,(H,25,32)(H,26,31)(H,33,34)/t9-,10-,11-,12+,13-,14-,15+,20?/m0/s1. The molecule has 16 heteroatoms. The van der Waals surface area contributed by atoms with Gasteiger partial charge in [-0.15, -0.1) is 0 Å². The normalized spacial score (nSPS) is 29.2. The zero-order valence-corrected chi connectivity index (χ0v) is 19.9. The fourth-order valence-corrected chi connectivity index (χ4v) is 3.37. The first-order chi connectivity index (χ1) is 16.6. The van der Waals surface area contributed by atoms with Gasteiger partial charge in [-0.2, -0.15) is 8.78 Å². The number of amides is 2. The van der Waals surface area contributed by atoms with Crippen molar-refractivity contribution < 1.29 is 58.5 Å². The van der Waals surface area contributed by atoms with Crippen molar-refractivity contribution in [3.05, 3.63) is 0 Å². The summed E-state index contributed by atoms with van der Waals surface area (Å²) in [6, 6.07) is -3.28. The molecule has 1 aliphatic rings. The number of aliphatic hydroxyl groups excluding tert-OH is 4. The van der Waals surface area contributed by atoms with E-state index in [1.54, 1.807) is 0 Å². The molecule has 0 aromatic rings. The number of hydrogen-bond acceptors (Lipinski definition) is 11. The molecule has 8 atom stereocenters. The molecule has 0 aromatic carbocycles. The van der Waals surface area contributed by atoms with E-state index >= 15 is 0 Å². The van der Waals surface area contributed by atoms with Gasteiger partial charge in [0.25, 0.3) is 5.79 Å². The van der Waals surface area contributed by atoms with Crippen LogP contribution in [0.2, 0.25) is 0 Å². The lowest BCUT2D eigenvalue weighted by Gasteiger charge is -2.48. The Kier molecular flexibility index (Phi) is 12.0. The Morgan fingerprint density at radius 3 is 2.22 bits per heavy atom. The molecule has 11 N–H and O–H groups in total. The summed E-state index contributed by atoms with van der Waals surface area (Å²) in [4.78, 5) is 35.2. The van der Waals surface area contributed by atoms with Crippen LogP contribution < -0.4 is 21.7 Å². The highest BCUT2D eigenvalue weighted by Crippen LogP contribution is 2.39. The maximum atomic E-state index is 14.7. The van der Waals surface area contributed by atoms with Crippen LogP contribution in [0.3, 0.4) is 0 Å². The lowest BCUT2D eigenvalue weighted by Crippen LogP contribution is -2.72. The maximum Gasteiger partial charge on any atom is 0.325 e. The van der Waals surface area contributed by atoms with E-state index in [1.165, 1.54) is 13.8 Å². The van der Waals surface area contributed by atoms with E-state index in [9.17, 15) is 43.6 Å². The van der Waals surface area contributed by atoms with Crippen molar-refractivity contribution in [3.63, 3.8) is 0 Å². The van der Waals surface area contributed by atoms with E-state index in [2.05, 4.69) is 20.7 Å². The van der Waals surface area contributed by atoms with Crippen LogP contribution in [0.25, 0.3) is 0 Å². The summed E-state index contributed by atoms with van der Waals surface area (Å²) in [6.07, 6.45) is -8.00. The van der Waals surface area contributed by atoms with Crippen LogP contribution >= 0.6 is 0 Å². The predicted octanol–water partition coefficient (Wildman–Crippen LogP) is -4.03. The highest BCUT2D eigenvalue weighted by atomic mass is 19.3. The molecule has 1 saturated heterocycles. The number of rotatable bonds is 14. The number of aliphatic hydroxyl groups is 5. The summed E-state index contributed by atoms with van der Waals surface area (Å²) in [5.41, 5.74) is 5.47. The van der Waals surface area contributed by atoms with Crippen LogP contribution in [0.15, 0.2) is 0 Å². The average Bonchev–Trinajstić information content (AvgIpc) is 2.80. The Balaban J connectivity index is 2.64. The molecule has 0 radical (unpaired) electrons. The molecular formula is C20H36F2N4O10. The van der Waals surface area contributed by atoms with Crippen molar-refractivity contribution in [1.82, 2.24) is 16.0 Å². The Hall–Kier alpha value is -2.05. The van der Waals surface area contributed by atoms with Crippen LogP contribution in [0.4, 0.5) is 8.78 Å². The number of nitrogens with one attached hydrogen (secondary N) is 3. The third-order valence-corrected chi connectivity index (χ3v) is 5.71. The van der Waals surface area contributed by atoms with Gasteiger partial charge in [0, 0.05) is 0 Å². The van der Waals surface area contributed by atoms with Gasteiger partial charge in [0.1, 0.15) is 36.5 Å². The third kappa shape index (κ3) is 7.97. The molecule has 0 aromatic heterocycles. The second-order valence-corrected chi connectivity index (χ2v) is 8.76. The van der Waals surface area contributed by atoms with E-state index < -0.39 is 85.2 Å². The van der Waals surface area contributed by atoms with Crippen LogP contribution in [0.5, 0.6) is 0 Å². The molecule has 14 nitrogen and oxygen atoms in total. The summed E-state index contributed by atoms with van der Waals surface area (Å²) < 4.78 is 34.0. The lowest BCUT2D eigenvalue weighted by molar-refractivity contribution is -0.409. The maximum absolute atomic E-state index is 14.7. The van der Waals surface area contributed by atoms with E-state index in [1.807, 2.05) is 0 Å². The minimum Gasteiger partial charge on any atom is -0.480 e. The molecule has 2 amide bonds. The monoisotopic (exact) mass is 530 g/mol.